The number of nitrogens with two attached hydrogens (primary N) is 1. The van der Waals surface area contributed by atoms with Gasteiger partial charge in [0, 0.05) is 12.6 Å². The molecule has 110 valence electrons. The molecule has 1 saturated carbocycles. The quantitative estimate of drug-likeness (QED) is 0.677. The van der Waals surface area contributed by atoms with Crippen LogP contribution in [0.15, 0.2) is 18.2 Å². The zero-order chi connectivity index (χ0) is 14.8. The van der Waals surface area contributed by atoms with Crippen molar-refractivity contribution in [2.24, 2.45) is 11.7 Å². The molecule has 1 aromatic carbocycles. The van der Waals surface area contributed by atoms with Crippen LogP contribution >= 0.6 is 0 Å². The summed E-state index contributed by atoms with van der Waals surface area (Å²) in [4.78, 5) is 12.3. The number of hydrogen-bond donors (Lipinski definition) is 4. The molecule has 20 heavy (non-hydrogen) atoms. The fourth-order valence-electron chi connectivity index (χ4n) is 2.96. The number of nitrogens with one attached hydrogen (secondary N) is 1. The maximum atomic E-state index is 12.3. The molecule has 5 N–H and O–H groups in total. The highest BCUT2D eigenvalue weighted by Crippen LogP contribution is 2.33. The lowest BCUT2D eigenvalue weighted by Crippen LogP contribution is -2.59. The summed E-state index contributed by atoms with van der Waals surface area (Å²) in [5.74, 6) is -0.331. The summed E-state index contributed by atoms with van der Waals surface area (Å²) in [6.45, 7) is 2.49. The van der Waals surface area contributed by atoms with Gasteiger partial charge < -0.3 is 21.3 Å². The van der Waals surface area contributed by atoms with Gasteiger partial charge in [-0.3, -0.25) is 4.79 Å². The predicted octanol–water partition coefficient (Wildman–Crippen LogP) is 1.74. The lowest BCUT2D eigenvalue weighted by molar-refractivity contribution is 0.0810. The molecule has 2 rings (SSSR count). The van der Waals surface area contributed by atoms with Crippen LogP contribution in [0.25, 0.3) is 0 Å². The topological polar surface area (TPSA) is 95.6 Å². The fourth-order valence-corrected chi connectivity index (χ4v) is 2.96. The smallest absolute Gasteiger partial charge is 0.255 e. The van der Waals surface area contributed by atoms with E-state index in [4.69, 9.17) is 5.73 Å². The summed E-state index contributed by atoms with van der Waals surface area (Å²) in [5.41, 5.74) is 5.66. The summed E-state index contributed by atoms with van der Waals surface area (Å²) in [6.07, 6.45) is 4.10. The first-order valence-corrected chi connectivity index (χ1v) is 7.03. The highest BCUT2D eigenvalue weighted by atomic mass is 16.3. The van der Waals surface area contributed by atoms with Crippen molar-refractivity contribution in [1.29, 1.82) is 0 Å². The van der Waals surface area contributed by atoms with Crippen LogP contribution in [0.3, 0.4) is 0 Å². The second-order valence-electron chi connectivity index (χ2n) is 5.66. The van der Waals surface area contributed by atoms with Gasteiger partial charge in [-0.1, -0.05) is 19.8 Å². The molecule has 0 heterocycles. The maximum Gasteiger partial charge on any atom is 0.255 e. The standard InChI is InChI=1S/C15H22N2O3/c1-10-4-2-3-7-15(10,9-16)17-14(20)12-6-5-11(18)8-13(12)19/h5-6,8,10,18-19H,2-4,7,9,16H2,1H3,(H,17,20). The second kappa shape index (κ2) is 5.71. The minimum absolute atomic E-state index is 0.0707. The number of carbonyl (C=O) groups is 1. The maximum absolute atomic E-state index is 12.3. The Labute approximate surface area is 118 Å². The molecule has 0 aliphatic heterocycles. The molecular weight excluding hydrogens is 256 g/mol. The molecule has 1 aliphatic carbocycles. The Hall–Kier alpha value is -1.75. The lowest BCUT2D eigenvalue weighted by atomic mass is 9.73. The number of benzene rings is 1. The van der Waals surface area contributed by atoms with E-state index < -0.39 is 5.54 Å². The van der Waals surface area contributed by atoms with Gasteiger partial charge in [-0.2, -0.15) is 0 Å². The van der Waals surface area contributed by atoms with Crippen LogP contribution in [0.2, 0.25) is 0 Å². The van der Waals surface area contributed by atoms with E-state index >= 15 is 0 Å². The molecule has 0 bridgehead atoms. The molecule has 2 unspecified atom stereocenters. The third kappa shape index (κ3) is 2.72. The zero-order valence-electron chi connectivity index (χ0n) is 11.7. The minimum Gasteiger partial charge on any atom is -0.508 e. The van der Waals surface area contributed by atoms with Gasteiger partial charge in [0.05, 0.1) is 11.1 Å². The molecule has 5 nitrogen and oxygen atoms in total. The largest absolute Gasteiger partial charge is 0.508 e. The third-order valence-electron chi connectivity index (χ3n) is 4.41. The Morgan fingerprint density at radius 2 is 2.20 bits per heavy atom. The summed E-state index contributed by atoms with van der Waals surface area (Å²) >= 11 is 0. The van der Waals surface area contributed by atoms with E-state index in [0.717, 1.165) is 31.7 Å². The van der Waals surface area contributed by atoms with Crippen LogP contribution in [-0.2, 0) is 0 Å². The van der Waals surface area contributed by atoms with Gasteiger partial charge >= 0.3 is 0 Å². The van der Waals surface area contributed by atoms with Gasteiger partial charge in [0.15, 0.2) is 0 Å². The van der Waals surface area contributed by atoms with E-state index in [9.17, 15) is 15.0 Å². The van der Waals surface area contributed by atoms with E-state index in [1.807, 2.05) is 0 Å². The number of rotatable bonds is 3. The number of aromatic hydroxyl groups is 2. The highest BCUT2D eigenvalue weighted by molar-refractivity contribution is 5.97. The normalized spacial score (nSPS) is 26.2. The molecule has 0 radical (unpaired) electrons. The van der Waals surface area contributed by atoms with Crippen molar-refractivity contribution in [1.82, 2.24) is 5.32 Å². The number of phenolic OH excluding ortho intramolecular Hbond substituents is 2. The van der Waals surface area contributed by atoms with Gasteiger partial charge in [-0.05, 0) is 30.9 Å². The first-order valence-electron chi connectivity index (χ1n) is 7.03. The average Bonchev–Trinajstić information content (AvgIpc) is 2.41. The average molecular weight is 278 g/mol. The second-order valence-corrected chi connectivity index (χ2v) is 5.66. The molecular formula is C15H22N2O3. The van der Waals surface area contributed by atoms with Crippen molar-refractivity contribution >= 4 is 5.91 Å². The zero-order valence-corrected chi connectivity index (χ0v) is 11.7. The van der Waals surface area contributed by atoms with Crippen molar-refractivity contribution < 1.29 is 15.0 Å². The third-order valence-corrected chi connectivity index (χ3v) is 4.41. The first-order chi connectivity index (χ1) is 9.48. The van der Waals surface area contributed by atoms with E-state index in [0.29, 0.717) is 12.5 Å². The Balaban J connectivity index is 2.20. The number of phenols is 2. The highest BCUT2D eigenvalue weighted by Gasteiger charge is 2.38. The number of amides is 1. The fraction of sp³-hybridized carbons (Fsp3) is 0.533. The first kappa shape index (κ1) is 14.7. The molecule has 1 fully saturated rings. The summed E-state index contributed by atoms with van der Waals surface area (Å²) in [5, 5.41) is 22.0. The van der Waals surface area contributed by atoms with Crippen molar-refractivity contribution in [2.45, 2.75) is 38.1 Å². The minimum atomic E-state index is -0.403. The van der Waals surface area contributed by atoms with Crippen molar-refractivity contribution in [3.05, 3.63) is 23.8 Å². The van der Waals surface area contributed by atoms with Gasteiger partial charge in [0.1, 0.15) is 11.5 Å². The van der Waals surface area contributed by atoms with Crippen LogP contribution in [0.4, 0.5) is 0 Å². The van der Waals surface area contributed by atoms with Crippen LogP contribution in [0.5, 0.6) is 11.5 Å². The van der Waals surface area contributed by atoms with Crippen LogP contribution in [-0.4, -0.2) is 28.2 Å². The monoisotopic (exact) mass is 278 g/mol. The number of hydrogen-bond acceptors (Lipinski definition) is 4. The molecule has 1 aromatic rings. The molecule has 2 atom stereocenters. The van der Waals surface area contributed by atoms with E-state index in [1.54, 1.807) is 0 Å². The Morgan fingerprint density at radius 3 is 2.80 bits per heavy atom. The summed E-state index contributed by atoms with van der Waals surface area (Å²) < 4.78 is 0. The van der Waals surface area contributed by atoms with Crippen LogP contribution < -0.4 is 11.1 Å². The Bertz CT molecular complexity index is 504. The summed E-state index contributed by atoms with van der Waals surface area (Å²) in [7, 11) is 0. The van der Waals surface area contributed by atoms with Gasteiger partial charge in [0.25, 0.3) is 5.91 Å². The SMILES string of the molecule is CC1CCCCC1(CN)NC(=O)c1ccc(O)cc1O. The van der Waals surface area contributed by atoms with Gasteiger partial charge in [-0.25, -0.2) is 0 Å². The molecule has 0 aromatic heterocycles. The van der Waals surface area contributed by atoms with Crippen LogP contribution in [0.1, 0.15) is 43.0 Å². The van der Waals surface area contributed by atoms with Crippen LogP contribution in [0, 0.1) is 5.92 Å². The molecule has 5 heteroatoms. The van der Waals surface area contributed by atoms with Crippen molar-refractivity contribution in [2.75, 3.05) is 6.54 Å². The predicted molar refractivity (Wildman–Crippen MR) is 76.7 cm³/mol. The molecule has 0 spiro atoms. The molecule has 0 saturated heterocycles. The van der Waals surface area contributed by atoms with Crippen molar-refractivity contribution in [3.8, 4) is 11.5 Å². The Morgan fingerprint density at radius 1 is 1.45 bits per heavy atom. The Kier molecular flexibility index (Phi) is 4.18. The van der Waals surface area contributed by atoms with E-state index in [-0.39, 0.29) is 23.0 Å². The lowest BCUT2D eigenvalue weighted by Gasteiger charge is -2.42. The van der Waals surface area contributed by atoms with Gasteiger partial charge in [0.2, 0.25) is 0 Å². The number of carbonyl (C=O) groups excluding carboxylic acids is 1. The van der Waals surface area contributed by atoms with Gasteiger partial charge in [-0.15, -0.1) is 0 Å². The molecule has 1 aliphatic rings. The van der Waals surface area contributed by atoms with E-state index in [1.165, 1.54) is 12.1 Å². The molecule has 1 amide bonds. The van der Waals surface area contributed by atoms with E-state index in [2.05, 4.69) is 12.2 Å². The van der Waals surface area contributed by atoms with Crippen molar-refractivity contribution in [3.63, 3.8) is 0 Å². The summed E-state index contributed by atoms with van der Waals surface area (Å²) in [6, 6.07) is 3.96.